The third kappa shape index (κ3) is 7.44. The molecule has 12 heteroatoms. The summed E-state index contributed by atoms with van der Waals surface area (Å²) < 4.78 is 0. The second kappa shape index (κ2) is 11.9. The van der Waals surface area contributed by atoms with Gasteiger partial charge >= 0.3 is 5.97 Å². The summed E-state index contributed by atoms with van der Waals surface area (Å²) in [4.78, 5) is 54.9. The van der Waals surface area contributed by atoms with Crippen LogP contribution in [0.25, 0.3) is 0 Å². The molecular weight excluding hydrogens is 396 g/mol. The summed E-state index contributed by atoms with van der Waals surface area (Å²) in [5, 5.41) is 25.6. The van der Waals surface area contributed by atoms with Gasteiger partial charge in [-0.05, 0) is 12.8 Å². The van der Waals surface area contributed by atoms with Crippen LogP contribution in [-0.2, 0) is 25.6 Å². The highest BCUT2D eigenvalue weighted by Crippen LogP contribution is 2.06. The highest BCUT2D eigenvalue weighted by Gasteiger charge is 2.30. The average Bonchev–Trinajstić information content (AvgIpc) is 3.22. The number of amides is 3. The first-order valence-electron chi connectivity index (χ1n) is 9.58. The van der Waals surface area contributed by atoms with Gasteiger partial charge in [0.25, 0.3) is 0 Å². The van der Waals surface area contributed by atoms with E-state index in [1.54, 1.807) is 6.92 Å². The summed E-state index contributed by atoms with van der Waals surface area (Å²) in [5.74, 6) is -3.54. The van der Waals surface area contributed by atoms with Gasteiger partial charge in [-0.3, -0.25) is 19.2 Å². The standard InChI is InChI=1S/C18H30N6O6/c1-4-9(2)14(19)17(28)24-13(7-25)16(27)23-12(5-11-6-20-8-21-11)15(26)22-10(3)18(29)30/h6,8-10,12-14,25H,4-5,7,19H2,1-3H3,(H,20,21)(H,22,26)(H,23,27)(H,24,28)(H,29,30). The Bertz CT molecular complexity index is 725. The molecule has 30 heavy (non-hydrogen) atoms. The number of hydrogen-bond acceptors (Lipinski definition) is 7. The lowest BCUT2D eigenvalue weighted by molar-refractivity contribution is -0.141. The molecule has 5 atom stereocenters. The van der Waals surface area contributed by atoms with Crippen molar-refractivity contribution in [2.75, 3.05) is 6.61 Å². The molecule has 1 rings (SSSR count). The molecular formula is C18H30N6O6. The molecule has 0 saturated carbocycles. The number of rotatable bonds is 12. The number of carbonyl (C=O) groups is 4. The number of aliphatic carboxylic acids is 1. The average molecular weight is 426 g/mol. The van der Waals surface area contributed by atoms with Gasteiger partial charge in [-0.25, -0.2) is 4.98 Å². The van der Waals surface area contributed by atoms with Crippen LogP contribution in [0.15, 0.2) is 12.5 Å². The lowest BCUT2D eigenvalue weighted by atomic mass is 9.99. The van der Waals surface area contributed by atoms with Crippen LogP contribution in [0.3, 0.4) is 0 Å². The van der Waals surface area contributed by atoms with E-state index in [-0.39, 0.29) is 12.3 Å². The molecule has 0 spiro atoms. The number of aliphatic hydroxyl groups is 1. The zero-order valence-electron chi connectivity index (χ0n) is 17.2. The van der Waals surface area contributed by atoms with Crippen molar-refractivity contribution in [2.24, 2.45) is 11.7 Å². The summed E-state index contributed by atoms with van der Waals surface area (Å²) in [7, 11) is 0. The molecule has 0 aliphatic heterocycles. The van der Waals surface area contributed by atoms with E-state index in [1.165, 1.54) is 19.4 Å². The monoisotopic (exact) mass is 426 g/mol. The molecule has 1 aromatic heterocycles. The summed E-state index contributed by atoms with van der Waals surface area (Å²) in [5.41, 5.74) is 6.36. The van der Waals surface area contributed by atoms with E-state index < -0.39 is 54.5 Å². The van der Waals surface area contributed by atoms with Crippen molar-refractivity contribution in [1.82, 2.24) is 25.9 Å². The van der Waals surface area contributed by atoms with Gasteiger partial charge in [0, 0.05) is 18.3 Å². The first-order valence-corrected chi connectivity index (χ1v) is 9.58. The Morgan fingerprint density at radius 3 is 2.20 bits per heavy atom. The van der Waals surface area contributed by atoms with E-state index >= 15 is 0 Å². The molecule has 5 unspecified atom stereocenters. The van der Waals surface area contributed by atoms with Crippen molar-refractivity contribution in [1.29, 1.82) is 0 Å². The topological polar surface area (TPSA) is 200 Å². The number of hydrogen-bond donors (Lipinski definition) is 7. The van der Waals surface area contributed by atoms with Gasteiger partial charge in [0.05, 0.1) is 19.0 Å². The molecule has 0 aromatic carbocycles. The van der Waals surface area contributed by atoms with Crippen LogP contribution in [0, 0.1) is 5.92 Å². The van der Waals surface area contributed by atoms with Gasteiger partial charge in [0.15, 0.2) is 0 Å². The van der Waals surface area contributed by atoms with E-state index in [9.17, 15) is 24.3 Å². The number of nitrogens with two attached hydrogens (primary N) is 1. The van der Waals surface area contributed by atoms with Crippen LogP contribution in [0.5, 0.6) is 0 Å². The second-order valence-electron chi connectivity index (χ2n) is 7.07. The fraction of sp³-hybridized carbons (Fsp3) is 0.611. The Hall–Kier alpha value is -2.99. The van der Waals surface area contributed by atoms with Gasteiger partial charge in [0.1, 0.15) is 18.1 Å². The van der Waals surface area contributed by atoms with Crippen molar-refractivity contribution in [3.8, 4) is 0 Å². The maximum Gasteiger partial charge on any atom is 0.325 e. The lowest BCUT2D eigenvalue weighted by Gasteiger charge is -2.24. The fourth-order valence-corrected chi connectivity index (χ4v) is 2.45. The van der Waals surface area contributed by atoms with Gasteiger partial charge in [0.2, 0.25) is 17.7 Å². The smallest absolute Gasteiger partial charge is 0.325 e. The highest BCUT2D eigenvalue weighted by atomic mass is 16.4. The number of imidazole rings is 1. The molecule has 0 aliphatic carbocycles. The molecule has 1 aromatic rings. The fourth-order valence-electron chi connectivity index (χ4n) is 2.45. The van der Waals surface area contributed by atoms with Gasteiger partial charge in [-0.15, -0.1) is 0 Å². The summed E-state index contributed by atoms with van der Waals surface area (Å²) in [6.45, 7) is 4.22. The van der Waals surface area contributed by atoms with Gasteiger partial charge in [-0.2, -0.15) is 0 Å². The minimum atomic E-state index is -1.33. The lowest BCUT2D eigenvalue weighted by Crippen LogP contribution is -2.58. The number of nitrogens with zero attached hydrogens (tertiary/aromatic N) is 1. The zero-order valence-corrected chi connectivity index (χ0v) is 17.2. The molecule has 0 aliphatic rings. The zero-order chi connectivity index (χ0) is 22.8. The van der Waals surface area contributed by atoms with Crippen LogP contribution < -0.4 is 21.7 Å². The predicted octanol–water partition coefficient (Wildman–Crippen LogP) is -2.12. The Morgan fingerprint density at radius 1 is 1.10 bits per heavy atom. The highest BCUT2D eigenvalue weighted by molar-refractivity contribution is 5.94. The van der Waals surface area contributed by atoms with Crippen LogP contribution in [0.2, 0.25) is 0 Å². The number of aromatic nitrogens is 2. The van der Waals surface area contributed by atoms with Crippen LogP contribution in [-0.4, -0.2) is 74.6 Å². The third-order valence-corrected chi connectivity index (χ3v) is 4.72. The largest absolute Gasteiger partial charge is 0.480 e. The Balaban J connectivity index is 2.88. The first-order chi connectivity index (χ1) is 14.1. The van der Waals surface area contributed by atoms with Crippen molar-refractivity contribution in [2.45, 2.75) is 57.8 Å². The molecule has 8 N–H and O–H groups in total. The Morgan fingerprint density at radius 2 is 1.70 bits per heavy atom. The molecule has 0 radical (unpaired) electrons. The van der Waals surface area contributed by atoms with Crippen LogP contribution >= 0.6 is 0 Å². The molecule has 0 bridgehead atoms. The minimum absolute atomic E-state index is 0.0115. The predicted molar refractivity (Wildman–Crippen MR) is 106 cm³/mol. The number of nitrogens with one attached hydrogen (secondary N) is 4. The summed E-state index contributed by atoms with van der Waals surface area (Å²) in [6, 6.07) is -4.55. The van der Waals surface area contributed by atoms with Crippen molar-refractivity contribution < 1.29 is 29.4 Å². The van der Waals surface area contributed by atoms with E-state index in [0.717, 1.165) is 0 Å². The molecule has 3 amide bonds. The number of aromatic amines is 1. The quantitative estimate of drug-likeness (QED) is 0.196. The Kier molecular flexibility index (Phi) is 9.92. The van der Waals surface area contributed by atoms with E-state index in [1.807, 2.05) is 6.92 Å². The van der Waals surface area contributed by atoms with E-state index in [4.69, 9.17) is 10.8 Å². The van der Waals surface area contributed by atoms with Gasteiger partial charge < -0.3 is 36.9 Å². The normalized spacial score (nSPS) is 15.9. The van der Waals surface area contributed by atoms with E-state index in [0.29, 0.717) is 12.1 Å². The molecule has 1 heterocycles. The van der Waals surface area contributed by atoms with Crippen molar-refractivity contribution in [3.63, 3.8) is 0 Å². The third-order valence-electron chi connectivity index (χ3n) is 4.72. The number of carboxylic acid groups (broad SMARTS) is 1. The van der Waals surface area contributed by atoms with Crippen LogP contribution in [0.1, 0.15) is 32.9 Å². The van der Waals surface area contributed by atoms with Crippen molar-refractivity contribution in [3.05, 3.63) is 18.2 Å². The minimum Gasteiger partial charge on any atom is -0.480 e. The molecule has 12 nitrogen and oxygen atoms in total. The summed E-state index contributed by atoms with van der Waals surface area (Å²) in [6.07, 6.45) is 3.48. The second-order valence-corrected chi connectivity index (χ2v) is 7.07. The number of carbonyl (C=O) groups excluding carboxylic acids is 3. The SMILES string of the molecule is CCC(C)C(N)C(=O)NC(CO)C(=O)NC(Cc1cnc[nH]1)C(=O)NC(C)C(=O)O. The maximum atomic E-state index is 12.6. The number of aliphatic hydroxyl groups excluding tert-OH is 1. The first kappa shape index (κ1) is 25.0. The Labute approximate surface area is 174 Å². The number of H-pyrrole nitrogens is 1. The molecule has 0 saturated heterocycles. The molecule has 168 valence electrons. The van der Waals surface area contributed by atoms with Crippen molar-refractivity contribution >= 4 is 23.7 Å². The van der Waals surface area contributed by atoms with Gasteiger partial charge in [-0.1, -0.05) is 20.3 Å². The van der Waals surface area contributed by atoms with E-state index in [2.05, 4.69) is 25.9 Å². The molecule has 0 fully saturated rings. The van der Waals surface area contributed by atoms with Crippen LogP contribution in [0.4, 0.5) is 0 Å². The summed E-state index contributed by atoms with van der Waals surface area (Å²) >= 11 is 0. The maximum absolute atomic E-state index is 12.6. The number of carboxylic acids is 1.